The molecule has 1 rings (SSSR count). The molecule has 0 radical (unpaired) electrons. The second-order valence-electron chi connectivity index (χ2n) is 4.42. The molecule has 0 spiro atoms. The zero-order valence-electron chi connectivity index (χ0n) is 11.3. The number of benzene rings is 1. The van der Waals surface area contributed by atoms with Gasteiger partial charge in [-0.1, -0.05) is 18.2 Å². The summed E-state index contributed by atoms with van der Waals surface area (Å²) in [5.41, 5.74) is -2.44. The van der Waals surface area contributed by atoms with E-state index >= 15 is 0 Å². The first-order chi connectivity index (χ1) is 9.60. The number of carbonyl (C=O) groups excluding carboxylic acids is 1. The lowest BCUT2D eigenvalue weighted by Crippen LogP contribution is -2.35. The normalized spacial score (nSPS) is 12.8. The molecule has 4 nitrogen and oxygen atoms in total. The summed E-state index contributed by atoms with van der Waals surface area (Å²) in [4.78, 5) is 22.6. The van der Waals surface area contributed by atoms with E-state index in [0.29, 0.717) is 5.56 Å². The van der Waals surface area contributed by atoms with E-state index in [9.17, 15) is 22.8 Å². The third-order valence-corrected chi connectivity index (χ3v) is 3.52. The van der Waals surface area contributed by atoms with Crippen molar-refractivity contribution < 1.29 is 27.9 Å². The second kappa shape index (κ2) is 6.84. The van der Waals surface area contributed by atoms with Crippen LogP contribution in [-0.2, 0) is 9.59 Å². The van der Waals surface area contributed by atoms with Crippen molar-refractivity contribution in [2.75, 3.05) is 5.75 Å². The molecule has 0 fully saturated rings. The summed E-state index contributed by atoms with van der Waals surface area (Å²) in [6.45, 7) is 3.62. The van der Waals surface area contributed by atoms with E-state index in [1.165, 1.54) is 6.07 Å². The Morgan fingerprint density at radius 3 is 2.38 bits per heavy atom. The highest BCUT2D eigenvalue weighted by molar-refractivity contribution is 8.00. The molecule has 21 heavy (non-hydrogen) atoms. The van der Waals surface area contributed by atoms with Gasteiger partial charge in [0.2, 0.25) is 5.91 Å². The van der Waals surface area contributed by atoms with Crippen molar-refractivity contribution in [2.24, 2.45) is 0 Å². The van der Waals surface area contributed by atoms with Crippen molar-refractivity contribution in [2.45, 2.75) is 25.4 Å². The molecule has 116 valence electrons. The standard InChI is InChI=1S/C13H14F3NO3S/c1-7-3-4-9(5-8(7)2)11(12(19)20)17-10(18)6-21-13(14,15)16/h3-5,11H,6H2,1-2H3,(H,17,18)(H,19,20). The summed E-state index contributed by atoms with van der Waals surface area (Å²) in [6, 6.07) is 3.44. The van der Waals surface area contributed by atoms with E-state index in [-0.39, 0.29) is 0 Å². The van der Waals surface area contributed by atoms with Gasteiger partial charge in [0, 0.05) is 0 Å². The van der Waals surface area contributed by atoms with E-state index in [2.05, 4.69) is 5.32 Å². The number of aliphatic carboxylic acids is 1. The molecular formula is C13H14F3NO3S. The minimum atomic E-state index is -4.53. The smallest absolute Gasteiger partial charge is 0.442 e. The molecule has 0 aliphatic heterocycles. The zero-order valence-corrected chi connectivity index (χ0v) is 12.1. The van der Waals surface area contributed by atoms with Gasteiger partial charge in [0.15, 0.2) is 6.04 Å². The zero-order chi connectivity index (χ0) is 16.2. The molecule has 0 saturated heterocycles. The van der Waals surface area contributed by atoms with Gasteiger partial charge in [-0.25, -0.2) is 4.79 Å². The average Bonchev–Trinajstić information content (AvgIpc) is 2.36. The van der Waals surface area contributed by atoms with E-state index in [1.807, 2.05) is 6.92 Å². The fraction of sp³-hybridized carbons (Fsp3) is 0.385. The summed E-state index contributed by atoms with van der Waals surface area (Å²) in [5, 5.41) is 11.2. The third-order valence-electron chi connectivity index (χ3n) is 2.78. The number of alkyl halides is 3. The highest BCUT2D eigenvalue weighted by Crippen LogP contribution is 2.29. The molecule has 0 heterocycles. The van der Waals surface area contributed by atoms with Crippen LogP contribution in [0.15, 0.2) is 18.2 Å². The van der Waals surface area contributed by atoms with Crippen LogP contribution in [-0.4, -0.2) is 28.2 Å². The number of hydrogen-bond donors (Lipinski definition) is 2. The van der Waals surface area contributed by atoms with Crippen molar-refractivity contribution in [3.63, 3.8) is 0 Å². The lowest BCUT2D eigenvalue weighted by Gasteiger charge is -2.16. The number of halogens is 3. The minimum Gasteiger partial charge on any atom is -0.479 e. The van der Waals surface area contributed by atoms with E-state index < -0.39 is 40.9 Å². The summed E-state index contributed by atoms with van der Waals surface area (Å²) in [7, 11) is 0. The Labute approximate surface area is 123 Å². The first kappa shape index (κ1) is 17.4. The largest absolute Gasteiger partial charge is 0.479 e. The Morgan fingerprint density at radius 1 is 1.29 bits per heavy atom. The number of carboxylic acid groups (broad SMARTS) is 1. The molecule has 0 aliphatic carbocycles. The first-order valence-corrected chi connectivity index (χ1v) is 6.88. The number of hydrogen-bond acceptors (Lipinski definition) is 3. The van der Waals surface area contributed by atoms with E-state index in [1.54, 1.807) is 19.1 Å². The van der Waals surface area contributed by atoms with Gasteiger partial charge < -0.3 is 10.4 Å². The molecule has 2 N–H and O–H groups in total. The first-order valence-electron chi connectivity index (χ1n) is 5.90. The minimum absolute atomic E-state index is 0.316. The van der Waals surface area contributed by atoms with Crippen LogP contribution in [0.25, 0.3) is 0 Å². The van der Waals surface area contributed by atoms with Crippen LogP contribution in [0.1, 0.15) is 22.7 Å². The Balaban J connectivity index is 2.81. The van der Waals surface area contributed by atoms with Gasteiger partial charge in [-0.15, -0.1) is 0 Å². The molecular weight excluding hydrogens is 307 g/mol. The van der Waals surface area contributed by atoms with E-state index in [0.717, 1.165) is 11.1 Å². The van der Waals surface area contributed by atoms with Crippen LogP contribution < -0.4 is 5.32 Å². The Kier molecular flexibility index (Phi) is 5.65. The number of nitrogens with one attached hydrogen (secondary N) is 1. The lowest BCUT2D eigenvalue weighted by atomic mass is 10.0. The Hall–Kier alpha value is -1.70. The highest BCUT2D eigenvalue weighted by Gasteiger charge is 2.30. The molecule has 0 bridgehead atoms. The summed E-state index contributed by atoms with van der Waals surface area (Å²) in [6.07, 6.45) is 0. The van der Waals surface area contributed by atoms with Crippen molar-refractivity contribution in [1.82, 2.24) is 5.32 Å². The van der Waals surface area contributed by atoms with Gasteiger partial charge >= 0.3 is 11.5 Å². The number of rotatable bonds is 5. The SMILES string of the molecule is Cc1ccc(C(NC(=O)CSC(F)(F)F)C(=O)O)cc1C. The van der Waals surface area contributed by atoms with Gasteiger partial charge in [-0.2, -0.15) is 13.2 Å². The predicted octanol–water partition coefficient (Wildman–Crippen LogP) is 2.80. The molecule has 8 heteroatoms. The number of carboxylic acids is 1. The summed E-state index contributed by atoms with van der Waals surface area (Å²) >= 11 is -0.509. The Bertz CT molecular complexity index is 546. The predicted molar refractivity (Wildman–Crippen MR) is 72.9 cm³/mol. The maximum atomic E-state index is 12.0. The quantitative estimate of drug-likeness (QED) is 0.875. The summed E-state index contributed by atoms with van der Waals surface area (Å²) in [5.74, 6) is -3.19. The van der Waals surface area contributed by atoms with Gasteiger partial charge in [-0.05, 0) is 42.3 Å². The molecule has 0 saturated carbocycles. The third kappa shape index (κ3) is 5.66. The second-order valence-corrected chi connectivity index (χ2v) is 5.46. The molecule has 0 aliphatic rings. The highest BCUT2D eigenvalue weighted by atomic mass is 32.2. The molecule has 1 amide bonds. The van der Waals surface area contributed by atoms with Crippen LogP contribution in [0.3, 0.4) is 0 Å². The molecule has 0 aromatic heterocycles. The van der Waals surface area contributed by atoms with Gasteiger partial charge in [0.1, 0.15) is 0 Å². The number of aryl methyl sites for hydroxylation is 2. The van der Waals surface area contributed by atoms with Crippen molar-refractivity contribution in [3.8, 4) is 0 Å². The topological polar surface area (TPSA) is 66.4 Å². The number of amides is 1. The average molecular weight is 321 g/mol. The number of carbonyl (C=O) groups is 2. The van der Waals surface area contributed by atoms with Crippen LogP contribution in [0.5, 0.6) is 0 Å². The van der Waals surface area contributed by atoms with Gasteiger partial charge in [0.05, 0.1) is 5.75 Å². The van der Waals surface area contributed by atoms with Crippen LogP contribution >= 0.6 is 11.8 Å². The molecule has 1 aromatic carbocycles. The fourth-order valence-electron chi connectivity index (χ4n) is 1.58. The summed E-state index contributed by atoms with van der Waals surface area (Å²) < 4.78 is 36.0. The lowest BCUT2D eigenvalue weighted by molar-refractivity contribution is -0.141. The van der Waals surface area contributed by atoms with Gasteiger partial charge in [-0.3, -0.25) is 4.79 Å². The maximum absolute atomic E-state index is 12.0. The maximum Gasteiger partial charge on any atom is 0.442 e. The molecule has 1 atom stereocenters. The number of thioether (sulfide) groups is 1. The fourth-order valence-corrected chi connectivity index (χ4v) is 1.96. The van der Waals surface area contributed by atoms with Crippen LogP contribution in [0.4, 0.5) is 13.2 Å². The Morgan fingerprint density at radius 2 is 1.90 bits per heavy atom. The van der Waals surface area contributed by atoms with E-state index in [4.69, 9.17) is 5.11 Å². The van der Waals surface area contributed by atoms with Crippen LogP contribution in [0, 0.1) is 13.8 Å². The monoisotopic (exact) mass is 321 g/mol. The van der Waals surface area contributed by atoms with Crippen molar-refractivity contribution in [1.29, 1.82) is 0 Å². The van der Waals surface area contributed by atoms with Gasteiger partial charge in [0.25, 0.3) is 0 Å². The van der Waals surface area contributed by atoms with Crippen molar-refractivity contribution >= 4 is 23.6 Å². The van der Waals surface area contributed by atoms with Crippen molar-refractivity contribution in [3.05, 3.63) is 34.9 Å². The molecule has 1 unspecified atom stereocenters. The van der Waals surface area contributed by atoms with Crippen LogP contribution in [0.2, 0.25) is 0 Å². The molecule has 1 aromatic rings.